The number of rotatable bonds is 4. The fourth-order valence-corrected chi connectivity index (χ4v) is 4.76. The molecule has 4 rings (SSSR count). The Morgan fingerprint density at radius 2 is 1.90 bits per heavy atom. The second-order valence-electron chi connectivity index (χ2n) is 7.36. The van der Waals surface area contributed by atoms with Crippen LogP contribution in [-0.4, -0.2) is 44.3 Å². The van der Waals surface area contributed by atoms with Crippen molar-refractivity contribution < 1.29 is 18.0 Å². The van der Waals surface area contributed by atoms with Crippen molar-refractivity contribution in [3.8, 4) is 0 Å². The lowest BCUT2D eigenvalue weighted by Gasteiger charge is -2.23. The third kappa shape index (κ3) is 3.86. The molecule has 0 amide bonds. The molecule has 1 aromatic heterocycles. The molecule has 2 aliphatic rings. The number of benzene rings is 1. The zero-order valence-corrected chi connectivity index (χ0v) is 16.8. The number of anilines is 1. The van der Waals surface area contributed by atoms with Crippen LogP contribution in [-0.2, 0) is 9.84 Å². The van der Waals surface area contributed by atoms with Gasteiger partial charge in [0.2, 0.25) is 5.78 Å². The van der Waals surface area contributed by atoms with Gasteiger partial charge in [0.05, 0.1) is 28.0 Å². The Labute approximate surface area is 169 Å². The van der Waals surface area contributed by atoms with Gasteiger partial charge in [0.25, 0.3) is 0 Å². The van der Waals surface area contributed by atoms with Crippen LogP contribution in [0.3, 0.4) is 0 Å². The summed E-state index contributed by atoms with van der Waals surface area (Å²) in [6, 6.07) is 6.24. The number of allylic oxidation sites excluding steroid dienone is 2. The van der Waals surface area contributed by atoms with Crippen LogP contribution in [0.25, 0.3) is 0 Å². The highest BCUT2D eigenvalue weighted by Gasteiger charge is 2.30. The summed E-state index contributed by atoms with van der Waals surface area (Å²) in [5.74, 6) is -0.524. The predicted octanol–water partition coefficient (Wildman–Crippen LogP) is 2.33. The highest BCUT2D eigenvalue weighted by molar-refractivity contribution is 7.90. The summed E-state index contributed by atoms with van der Waals surface area (Å²) in [4.78, 5) is 29.7. The number of carbonyl (C=O) groups excluding carboxylic acids is 2. The summed E-state index contributed by atoms with van der Waals surface area (Å²) < 4.78 is 24.0. The number of hydrogen-bond donors (Lipinski definition) is 2. The smallest absolute Gasteiger partial charge is 0.210 e. The van der Waals surface area contributed by atoms with E-state index in [2.05, 4.69) is 15.6 Å². The van der Waals surface area contributed by atoms with Crippen LogP contribution in [0.15, 0.2) is 53.3 Å². The Morgan fingerprint density at radius 1 is 1.14 bits per heavy atom. The highest BCUT2D eigenvalue weighted by atomic mass is 32.2. The summed E-state index contributed by atoms with van der Waals surface area (Å²) in [6.45, 7) is 1.92. The van der Waals surface area contributed by atoms with Gasteiger partial charge in [-0.15, -0.1) is 0 Å². The van der Waals surface area contributed by atoms with Crippen LogP contribution in [0.2, 0.25) is 0 Å². The van der Waals surface area contributed by atoms with Crippen molar-refractivity contribution in [1.82, 2.24) is 10.3 Å². The molecule has 0 saturated carbocycles. The van der Waals surface area contributed by atoms with Crippen molar-refractivity contribution in [1.29, 1.82) is 0 Å². The fourth-order valence-electron chi connectivity index (χ4n) is 3.85. The van der Waals surface area contributed by atoms with Crippen LogP contribution >= 0.6 is 0 Å². The van der Waals surface area contributed by atoms with Gasteiger partial charge in [-0.3, -0.25) is 14.6 Å². The SMILES string of the molecule is CS(=O)(=O)c1cccc2c1C(=O)C=C(Nc1cncc(C3CCNCC3)c1)C2=O. The van der Waals surface area contributed by atoms with E-state index in [1.54, 1.807) is 6.20 Å². The Morgan fingerprint density at radius 3 is 2.62 bits per heavy atom. The zero-order chi connectivity index (χ0) is 20.6. The summed E-state index contributed by atoms with van der Waals surface area (Å²) >= 11 is 0. The van der Waals surface area contributed by atoms with E-state index in [4.69, 9.17) is 0 Å². The molecule has 0 radical (unpaired) electrons. The number of pyridine rings is 1. The lowest BCUT2D eigenvalue weighted by atomic mass is 9.91. The first-order chi connectivity index (χ1) is 13.8. The van der Waals surface area contributed by atoms with Gasteiger partial charge in [0.15, 0.2) is 15.6 Å². The van der Waals surface area contributed by atoms with Gasteiger partial charge >= 0.3 is 0 Å². The number of sulfone groups is 1. The first-order valence-corrected chi connectivity index (χ1v) is 11.3. The molecule has 0 spiro atoms. The number of carbonyl (C=O) groups is 2. The minimum atomic E-state index is -3.63. The molecular formula is C21H21N3O4S. The summed E-state index contributed by atoms with van der Waals surface area (Å²) in [6.07, 6.45) is 7.66. The van der Waals surface area contributed by atoms with Crippen molar-refractivity contribution in [3.05, 3.63) is 65.1 Å². The molecule has 0 unspecified atom stereocenters. The van der Waals surface area contributed by atoms with E-state index in [0.29, 0.717) is 11.6 Å². The van der Waals surface area contributed by atoms with E-state index in [1.807, 2.05) is 12.3 Å². The standard InChI is InChI=1S/C21H21N3O4S/c1-29(27,28)19-4-2-3-16-20(19)18(25)10-17(21(16)26)24-15-9-14(11-23-12-15)13-5-7-22-8-6-13/h2-4,9-13,22,24H,5-8H2,1H3. The minimum Gasteiger partial charge on any atom is -0.351 e. The monoisotopic (exact) mass is 411 g/mol. The second kappa shape index (κ2) is 7.53. The topological polar surface area (TPSA) is 105 Å². The normalized spacial score (nSPS) is 17.6. The quantitative estimate of drug-likeness (QED) is 0.795. The average molecular weight is 411 g/mol. The van der Waals surface area contributed by atoms with Gasteiger partial charge in [-0.25, -0.2) is 8.42 Å². The number of nitrogens with zero attached hydrogens (tertiary/aromatic N) is 1. The molecule has 1 fully saturated rings. The lowest BCUT2D eigenvalue weighted by molar-refractivity contribution is 0.0983. The molecule has 1 aromatic carbocycles. The molecule has 1 aliphatic heterocycles. The third-order valence-corrected chi connectivity index (χ3v) is 6.42. The van der Waals surface area contributed by atoms with Crippen molar-refractivity contribution in [2.45, 2.75) is 23.7 Å². The molecule has 8 heteroatoms. The third-order valence-electron chi connectivity index (χ3n) is 5.29. The molecule has 150 valence electrons. The first-order valence-electron chi connectivity index (χ1n) is 9.41. The molecule has 1 saturated heterocycles. The molecule has 7 nitrogen and oxygen atoms in total. The van der Waals surface area contributed by atoms with E-state index in [9.17, 15) is 18.0 Å². The number of hydrogen-bond acceptors (Lipinski definition) is 7. The van der Waals surface area contributed by atoms with Gasteiger partial charge in [0.1, 0.15) is 0 Å². The van der Waals surface area contributed by atoms with Crippen LogP contribution in [0.4, 0.5) is 5.69 Å². The molecule has 2 aromatic rings. The Bertz CT molecular complexity index is 1130. The number of aromatic nitrogens is 1. The van der Waals surface area contributed by atoms with E-state index >= 15 is 0 Å². The maximum absolute atomic E-state index is 12.9. The number of nitrogens with one attached hydrogen (secondary N) is 2. The van der Waals surface area contributed by atoms with Crippen LogP contribution in [0.5, 0.6) is 0 Å². The average Bonchev–Trinajstić information content (AvgIpc) is 2.71. The number of ketones is 2. The summed E-state index contributed by atoms with van der Waals surface area (Å²) in [5, 5.41) is 6.33. The second-order valence-corrected chi connectivity index (χ2v) is 9.34. The molecule has 0 atom stereocenters. The minimum absolute atomic E-state index is 0.0628. The van der Waals surface area contributed by atoms with Gasteiger partial charge < -0.3 is 10.6 Å². The van der Waals surface area contributed by atoms with Gasteiger partial charge in [-0.1, -0.05) is 12.1 Å². The molecule has 2 N–H and O–H groups in total. The van der Waals surface area contributed by atoms with Crippen LogP contribution in [0, 0.1) is 0 Å². The Balaban J connectivity index is 1.64. The Kier molecular flexibility index (Phi) is 5.06. The number of fused-ring (bicyclic) bond motifs is 1. The summed E-state index contributed by atoms with van der Waals surface area (Å²) in [5.41, 5.74) is 1.84. The number of Topliss-reactive ketones (excluding diaryl/α,β-unsaturated/α-hetero) is 1. The largest absolute Gasteiger partial charge is 0.351 e. The predicted molar refractivity (Wildman–Crippen MR) is 109 cm³/mol. The first kappa shape index (κ1) is 19.5. The molecule has 0 bridgehead atoms. The van der Waals surface area contributed by atoms with Gasteiger partial charge in [-0.2, -0.15) is 0 Å². The fraction of sp³-hybridized carbons (Fsp3) is 0.286. The number of piperidine rings is 1. The van der Waals surface area contributed by atoms with E-state index in [-0.39, 0.29) is 21.7 Å². The van der Waals surface area contributed by atoms with Crippen molar-refractivity contribution >= 4 is 27.1 Å². The molecule has 29 heavy (non-hydrogen) atoms. The molecule has 1 aliphatic carbocycles. The zero-order valence-electron chi connectivity index (χ0n) is 15.9. The van der Waals surface area contributed by atoms with Crippen LogP contribution in [0.1, 0.15) is 45.0 Å². The Hall–Kier alpha value is -2.84. The van der Waals surface area contributed by atoms with Crippen molar-refractivity contribution in [2.24, 2.45) is 0 Å². The van der Waals surface area contributed by atoms with Gasteiger partial charge in [-0.05, 0) is 49.5 Å². The van der Waals surface area contributed by atoms with E-state index < -0.39 is 21.4 Å². The maximum Gasteiger partial charge on any atom is 0.210 e. The molecule has 2 heterocycles. The summed E-state index contributed by atoms with van der Waals surface area (Å²) in [7, 11) is -3.63. The van der Waals surface area contributed by atoms with Gasteiger partial charge in [0, 0.05) is 24.1 Å². The maximum atomic E-state index is 12.9. The lowest BCUT2D eigenvalue weighted by Crippen LogP contribution is -2.26. The van der Waals surface area contributed by atoms with Crippen molar-refractivity contribution in [2.75, 3.05) is 24.7 Å². The highest BCUT2D eigenvalue weighted by Crippen LogP contribution is 2.30. The molecular weight excluding hydrogens is 390 g/mol. The van der Waals surface area contributed by atoms with E-state index in [0.717, 1.165) is 43.8 Å². The van der Waals surface area contributed by atoms with E-state index in [1.165, 1.54) is 18.2 Å². The van der Waals surface area contributed by atoms with Crippen molar-refractivity contribution in [3.63, 3.8) is 0 Å². The van der Waals surface area contributed by atoms with Crippen LogP contribution < -0.4 is 10.6 Å².